The largest absolute Gasteiger partial charge is 0.371 e. The van der Waals surface area contributed by atoms with Gasteiger partial charge in [-0.15, -0.1) is 0 Å². The second-order valence-corrected chi connectivity index (χ2v) is 17.6. The number of piperidine rings is 4. The highest BCUT2D eigenvalue weighted by Gasteiger charge is 2.47. The number of benzene rings is 2. The van der Waals surface area contributed by atoms with Gasteiger partial charge in [0.05, 0.1) is 33.6 Å². The lowest BCUT2D eigenvalue weighted by molar-refractivity contribution is -0.136. The third-order valence-corrected chi connectivity index (χ3v) is 13.9. The number of carbonyl (C=O) groups is 5. The minimum atomic E-state index is -0.961. The lowest BCUT2D eigenvalue weighted by atomic mass is 9.71. The Hall–Kier alpha value is -5.52. The minimum absolute atomic E-state index is 0.000977. The Morgan fingerprint density at radius 3 is 2.15 bits per heavy atom. The number of amides is 5. The van der Waals surface area contributed by atoms with E-state index in [1.165, 1.54) is 0 Å². The van der Waals surface area contributed by atoms with Gasteiger partial charge in [-0.3, -0.25) is 34.2 Å². The highest BCUT2D eigenvalue weighted by Crippen LogP contribution is 2.44. The second kappa shape index (κ2) is 15.9. The molecule has 1 aromatic heterocycles. The van der Waals surface area contributed by atoms with E-state index in [9.17, 15) is 24.0 Å². The predicted molar refractivity (Wildman–Crippen MR) is 222 cm³/mol. The Labute approximate surface area is 348 Å². The first-order valence-corrected chi connectivity index (χ1v) is 21.2. The first-order chi connectivity index (χ1) is 28.6. The Morgan fingerprint density at radius 2 is 1.47 bits per heavy atom. The van der Waals surface area contributed by atoms with Gasteiger partial charge in [0.15, 0.2) is 0 Å². The van der Waals surface area contributed by atoms with Crippen LogP contribution in [0.2, 0.25) is 5.02 Å². The molecule has 9 rings (SSSR count). The van der Waals surface area contributed by atoms with Crippen LogP contribution in [0.1, 0.15) is 77.6 Å². The lowest BCUT2D eigenvalue weighted by Gasteiger charge is -2.55. The summed E-state index contributed by atoms with van der Waals surface area (Å²) >= 11 is 6.24. The number of halogens is 1. The molecule has 59 heavy (non-hydrogen) atoms. The van der Waals surface area contributed by atoms with Crippen LogP contribution in [0.25, 0.3) is 0 Å². The number of anilines is 4. The van der Waals surface area contributed by atoms with E-state index >= 15 is 0 Å². The third-order valence-electron chi connectivity index (χ3n) is 13.6. The number of nitrogens with zero attached hydrogens (tertiary/aromatic N) is 7. The summed E-state index contributed by atoms with van der Waals surface area (Å²) in [4.78, 5) is 78.8. The van der Waals surface area contributed by atoms with E-state index < -0.39 is 23.8 Å². The maximum Gasteiger partial charge on any atom is 0.262 e. The average molecular weight is 818 g/mol. The molecule has 2 N–H and O–H groups in total. The Bertz CT molecular complexity index is 2210. The van der Waals surface area contributed by atoms with Gasteiger partial charge < -0.3 is 24.9 Å². The number of nitriles is 1. The van der Waals surface area contributed by atoms with Gasteiger partial charge in [-0.2, -0.15) is 5.26 Å². The zero-order chi connectivity index (χ0) is 40.8. The molecular formula is C44H48ClN9O5. The summed E-state index contributed by atoms with van der Waals surface area (Å²) in [7, 11) is 0. The topological polar surface area (TPSA) is 162 Å². The minimum Gasteiger partial charge on any atom is -0.371 e. The molecule has 2 aromatic carbocycles. The fraction of sp³-hybridized carbons (Fsp3) is 0.477. The number of nitrogens with one attached hydrogen (secondary N) is 2. The van der Waals surface area contributed by atoms with Crippen molar-refractivity contribution in [2.75, 3.05) is 78.9 Å². The number of pyridine rings is 1. The summed E-state index contributed by atoms with van der Waals surface area (Å²) in [5.74, 6) is -0.793. The van der Waals surface area contributed by atoms with Crippen molar-refractivity contribution in [2.45, 2.75) is 57.4 Å². The molecule has 5 fully saturated rings. The molecule has 15 heteroatoms. The molecule has 0 saturated carbocycles. The molecule has 14 nitrogen and oxygen atoms in total. The molecule has 7 heterocycles. The van der Waals surface area contributed by atoms with Crippen molar-refractivity contribution in [1.82, 2.24) is 20.1 Å². The number of likely N-dealkylation sites (tertiary alicyclic amines) is 1. The molecule has 0 bridgehead atoms. The number of rotatable bonds is 8. The van der Waals surface area contributed by atoms with Crippen molar-refractivity contribution in [3.63, 3.8) is 0 Å². The van der Waals surface area contributed by atoms with Crippen molar-refractivity contribution < 1.29 is 24.0 Å². The molecule has 0 radical (unpaired) electrons. The van der Waals surface area contributed by atoms with E-state index in [1.54, 1.807) is 18.2 Å². The Balaban J connectivity index is 0.691. The van der Waals surface area contributed by atoms with Crippen molar-refractivity contribution in [3.05, 3.63) is 76.4 Å². The van der Waals surface area contributed by atoms with Gasteiger partial charge >= 0.3 is 0 Å². The Morgan fingerprint density at radius 1 is 0.814 bits per heavy atom. The van der Waals surface area contributed by atoms with E-state index in [-0.39, 0.29) is 36.0 Å². The summed E-state index contributed by atoms with van der Waals surface area (Å²) < 4.78 is 0. The van der Waals surface area contributed by atoms with Crippen LogP contribution in [0.15, 0.2) is 54.7 Å². The third kappa shape index (κ3) is 7.74. The summed E-state index contributed by atoms with van der Waals surface area (Å²) in [5, 5.41) is 14.9. The Kier molecular flexibility index (Phi) is 10.5. The molecule has 6 aliphatic rings. The summed E-state index contributed by atoms with van der Waals surface area (Å²) in [6.45, 7) is 8.55. The van der Waals surface area contributed by atoms with Crippen LogP contribution in [-0.4, -0.2) is 109 Å². The van der Waals surface area contributed by atoms with E-state index in [0.29, 0.717) is 33.4 Å². The monoisotopic (exact) mass is 817 g/mol. The van der Waals surface area contributed by atoms with Crippen LogP contribution < -0.4 is 25.3 Å². The first kappa shape index (κ1) is 39.0. The number of hydrogen-bond donors (Lipinski definition) is 2. The van der Waals surface area contributed by atoms with Crippen molar-refractivity contribution in [2.24, 2.45) is 17.3 Å². The molecule has 3 aromatic rings. The van der Waals surface area contributed by atoms with E-state index in [4.69, 9.17) is 16.9 Å². The standard InChI is InChI=1S/C44H48ClN9O5/c45-36-22-32(2-1-30(36)23-46)51-17-11-29(12-18-51)40(56)48-38-7-4-33(24-47-38)52-15-9-28(10-16-52)25-50-19-13-44(14-20-50)26-53(27-44)31-3-5-34-35(21-31)43(59)54(42(34)58)37-6-8-39(55)49-41(37)57/h1-5,7,21-22,24,28-29,37H,6,8-20,25-27H2,(H,47,48,56)(H,49,55,57). The van der Waals surface area contributed by atoms with Gasteiger partial charge in [0.25, 0.3) is 11.8 Å². The van der Waals surface area contributed by atoms with E-state index in [2.05, 4.69) is 47.4 Å². The van der Waals surface area contributed by atoms with Crippen molar-refractivity contribution >= 4 is 64.0 Å². The first-order valence-electron chi connectivity index (χ1n) is 20.9. The second-order valence-electron chi connectivity index (χ2n) is 17.2. The van der Waals surface area contributed by atoms with Crippen molar-refractivity contribution in [1.29, 1.82) is 5.26 Å². The number of fused-ring (bicyclic) bond motifs is 1. The number of carbonyl (C=O) groups excluding carboxylic acids is 5. The molecule has 6 aliphatic heterocycles. The predicted octanol–water partition coefficient (Wildman–Crippen LogP) is 4.68. The fourth-order valence-corrected chi connectivity index (χ4v) is 10.2. The van der Waals surface area contributed by atoms with Crippen LogP contribution >= 0.6 is 11.6 Å². The van der Waals surface area contributed by atoms with Crippen molar-refractivity contribution in [3.8, 4) is 6.07 Å². The smallest absolute Gasteiger partial charge is 0.262 e. The van der Waals surface area contributed by atoms with Gasteiger partial charge in [-0.05, 0) is 112 Å². The summed E-state index contributed by atoms with van der Waals surface area (Å²) in [6, 6.07) is 16.0. The molecule has 306 valence electrons. The van der Waals surface area contributed by atoms with Gasteiger partial charge in [-0.25, -0.2) is 4.98 Å². The zero-order valence-electron chi connectivity index (χ0n) is 33.0. The zero-order valence-corrected chi connectivity index (χ0v) is 33.8. The SMILES string of the molecule is N#Cc1ccc(N2CCC(C(=O)Nc3ccc(N4CCC(CN5CCC6(CC5)CN(c5ccc7c(c5)C(=O)N(C5CCC(=O)NC5=O)C7=O)C6)CC4)cn3)CC2)cc1Cl. The molecule has 0 aliphatic carbocycles. The van der Waals surface area contributed by atoms with Gasteiger partial charge in [0.1, 0.15) is 17.9 Å². The van der Waals surface area contributed by atoms with Crippen LogP contribution in [0.4, 0.5) is 22.9 Å². The van der Waals surface area contributed by atoms with E-state index in [1.807, 2.05) is 30.5 Å². The number of imide groups is 2. The maximum absolute atomic E-state index is 13.3. The van der Waals surface area contributed by atoms with Crippen LogP contribution in [0.3, 0.4) is 0 Å². The van der Waals surface area contributed by atoms with Gasteiger partial charge in [-0.1, -0.05) is 11.6 Å². The average Bonchev–Trinajstić information content (AvgIpc) is 3.48. The molecule has 1 atom stereocenters. The van der Waals surface area contributed by atoms with Crippen LogP contribution in [-0.2, 0) is 14.4 Å². The fourth-order valence-electron chi connectivity index (χ4n) is 9.93. The number of hydrogen-bond acceptors (Lipinski definition) is 11. The summed E-state index contributed by atoms with van der Waals surface area (Å²) in [5.41, 5.74) is 4.33. The molecule has 5 amide bonds. The highest BCUT2D eigenvalue weighted by molar-refractivity contribution is 6.32. The quantitative estimate of drug-likeness (QED) is 0.304. The van der Waals surface area contributed by atoms with Crippen LogP contribution in [0.5, 0.6) is 0 Å². The lowest BCUT2D eigenvalue weighted by Crippen LogP contribution is -2.60. The van der Waals surface area contributed by atoms with Crippen LogP contribution in [0, 0.1) is 28.6 Å². The molecule has 5 saturated heterocycles. The van der Waals surface area contributed by atoms with Gasteiger partial charge in [0.2, 0.25) is 17.7 Å². The normalized spacial score (nSPS) is 22.6. The summed E-state index contributed by atoms with van der Waals surface area (Å²) in [6.07, 6.45) is 8.10. The highest BCUT2D eigenvalue weighted by atomic mass is 35.5. The molecule has 1 spiro atoms. The van der Waals surface area contributed by atoms with Gasteiger partial charge in [0, 0.05) is 74.9 Å². The van der Waals surface area contributed by atoms with E-state index in [0.717, 1.165) is 119 Å². The maximum atomic E-state index is 13.3. The molecule has 1 unspecified atom stereocenters. The number of aromatic nitrogens is 1. The molecular weight excluding hydrogens is 770 g/mol.